The molecule has 0 saturated carbocycles. The molecule has 2 aliphatic rings. The van der Waals surface area contributed by atoms with Crippen molar-refractivity contribution in [1.29, 1.82) is 0 Å². The quantitative estimate of drug-likeness (QED) is 0.940. The van der Waals surface area contributed by atoms with Gasteiger partial charge in [-0.3, -0.25) is 9.89 Å². The summed E-state index contributed by atoms with van der Waals surface area (Å²) in [6.07, 6.45) is 3.48. The molecule has 0 radical (unpaired) electrons. The van der Waals surface area contributed by atoms with Gasteiger partial charge in [-0.1, -0.05) is 30.3 Å². The highest BCUT2D eigenvalue weighted by Gasteiger charge is 2.32. The van der Waals surface area contributed by atoms with Gasteiger partial charge in [0.05, 0.1) is 0 Å². The van der Waals surface area contributed by atoms with Crippen LogP contribution in [0.5, 0.6) is 0 Å². The van der Waals surface area contributed by atoms with Crippen LogP contribution < -0.4 is 0 Å². The number of hydrogen-bond donors (Lipinski definition) is 1. The number of nitrogens with zero attached hydrogens (tertiary/aromatic N) is 3. The average Bonchev–Trinajstić information content (AvgIpc) is 3.34. The van der Waals surface area contributed by atoms with Gasteiger partial charge in [0, 0.05) is 31.2 Å². The van der Waals surface area contributed by atoms with E-state index in [4.69, 9.17) is 4.74 Å². The van der Waals surface area contributed by atoms with Crippen molar-refractivity contribution in [3.63, 3.8) is 0 Å². The maximum absolute atomic E-state index is 12.4. The fourth-order valence-electron chi connectivity index (χ4n) is 3.52. The maximum Gasteiger partial charge on any atom is 0.251 e. The summed E-state index contributed by atoms with van der Waals surface area (Å²) >= 11 is 0. The smallest absolute Gasteiger partial charge is 0.251 e. The minimum absolute atomic E-state index is 0.161. The molecule has 24 heavy (non-hydrogen) atoms. The number of carbonyl (C=O) groups is 1. The molecular formula is C18H22N4O2. The van der Waals surface area contributed by atoms with Crippen LogP contribution in [0.1, 0.15) is 37.4 Å². The van der Waals surface area contributed by atoms with Crippen LogP contribution in [0.25, 0.3) is 11.4 Å². The summed E-state index contributed by atoms with van der Waals surface area (Å²) in [4.78, 5) is 19.0. The molecule has 0 spiro atoms. The molecule has 2 aliphatic heterocycles. The minimum Gasteiger partial charge on any atom is -0.368 e. The average molecular weight is 326 g/mol. The van der Waals surface area contributed by atoms with Gasteiger partial charge >= 0.3 is 0 Å². The maximum atomic E-state index is 12.4. The second-order valence-corrected chi connectivity index (χ2v) is 6.51. The predicted molar refractivity (Wildman–Crippen MR) is 89.3 cm³/mol. The first-order chi connectivity index (χ1) is 11.8. The number of piperidine rings is 1. The van der Waals surface area contributed by atoms with Crippen LogP contribution in [-0.2, 0) is 9.53 Å². The summed E-state index contributed by atoms with van der Waals surface area (Å²) in [5, 5.41) is 7.43. The molecule has 4 rings (SSSR count). The summed E-state index contributed by atoms with van der Waals surface area (Å²) in [6.45, 7) is 2.25. The lowest BCUT2D eigenvalue weighted by Gasteiger charge is -2.32. The Morgan fingerprint density at radius 3 is 2.67 bits per heavy atom. The lowest BCUT2D eigenvalue weighted by molar-refractivity contribution is -0.142. The Morgan fingerprint density at radius 1 is 1.17 bits per heavy atom. The third-order valence-corrected chi connectivity index (χ3v) is 4.93. The Labute approximate surface area is 141 Å². The molecule has 1 aromatic carbocycles. The number of H-pyrrole nitrogens is 1. The van der Waals surface area contributed by atoms with Gasteiger partial charge in [-0.25, -0.2) is 4.98 Å². The van der Waals surface area contributed by atoms with E-state index >= 15 is 0 Å². The molecule has 6 nitrogen and oxygen atoms in total. The largest absolute Gasteiger partial charge is 0.368 e. The number of hydrogen-bond acceptors (Lipinski definition) is 4. The van der Waals surface area contributed by atoms with Gasteiger partial charge in [0.25, 0.3) is 5.91 Å². The molecule has 1 aromatic heterocycles. The van der Waals surface area contributed by atoms with Crippen LogP contribution in [0, 0.1) is 0 Å². The molecule has 6 heteroatoms. The van der Waals surface area contributed by atoms with Crippen LogP contribution >= 0.6 is 0 Å². The topological polar surface area (TPSA) is 71.1 Å². The number of ether oxygens (including phenoxy) is 1. The SMILES string of the molecule is O=C([C@@H]1CCCO1)N1CCC(c2nc(-c3ccccc3)n[nH]2)CC1. The van der Waals surface area contributed by atoms with Gasteiger partial charge in [0.15, 0.2) is 5.82 Å². The summed E-state index contributed by atoms with van der Waals surface area (Å²) < 4.78 is 5.51. The zero-order chi connectivity index (χ0) is 16.4. The number of nitrogens with one attached hydrogen (secondary N) is 1. The van der Waals surface area contributed by atoms with E-state index in [9.17, 15) is 4.79 Å². The van der Waals surface area contributed by atoms with Crippen LogP contribution in [0.2, 0.25) is 0 Å². The van der Waals surface area contributed by atoms with Crippen molar-refractivity contribution in [3.05, 3.63) is 36.2 Å². The number of aromatic nitrogens is 3. The Morgan fingerprint density at radius 2 is 1.96 bits per heavy atom. The molecule has 1 atom stereocenters. The van der Waals surface area contributed by atoms with Gasteiger partial charge < -0.3 is 9.64 Å². The van der Waals surface area contributed by atoms with Gasteiger partial charge in [0.2, 0.25) is 0 Å². The van der Waals surface area contributed by atoms with E-state index in [1.165, 1.54) is 0 Å². The molecule has 3 heterocycles. The molecule has 126 valence electrons. The number of benzene rings is 1. The van der Waals surface area contributed by atoms with Crippen molar-refractivity contribution >= 4 is 5.91 Å². The Kier molecular flexibility index (Phi) is 4.30. The normalized spacial score (nSPS) is 22.0. The standard InChI is InChI=1S/C18H22N4O2/c23-18(15-7-4-12-24-15)22-10-8-14(9-11-22)17-19-16(20-21-17)13-5-2-1-3-6-13/h1-3,5-6,14-15H,4,7-12H2,(H,19,20,21)/t15-/m0/s1. The molecule has 1 amide bonds. The molecular weight excluding hydrogens is 304 g/mol. The van der Waals surface area contributed by atoms with Crippen molar-refractivity contribution in [2.75, 3.05) is 19.7 Å². The van der Waals surface area contributed by atoms with E-state index in [0.717, 1.165) is 56.0 Å². The van der Waals surface area contributed by atoms with E-state index in [-0.39, 0.29) is 12.0 Å². The Hall–Kier alpha value is -2.21. The van der Waals surface area contributed by atoms with Crippen LogP contribution in [0.3, 0.4) is 0 Å². The molecule has 2 fully saturated rings. The monoisotopic (exact) mass is 326 g/mol. The first kappa shape index (κ1) is 15.3. The van der Waals surface area contributed by atoms with Crippen LogP contribution in [0.4, 0.5) is 0 Å². The summed E-state index contributed by atoms with van der Waals surface area (Å²) in [6, 6.07) is 9.98. The first-order valence-electron chi connectivity index (χ1n) is 8.69. The lowest BCUT2D eigenvalue weighted by atomic mass is 9.95. The lowest BCUT2D eigenvalue weighted by Crippen LogP contribution is -2.43. The number of rotatable bonds is 3. The molecule has 2 saturated heterocycles. The van der Waals surface area contributed by atoms with E-state index < -0.39 is 0 Å². The third-order valence-electron chi connectivity index (χ3n) is 4.93. The van der Waals surface area contributed by atoms with Gasteiger partial charge in [0.1, 0.15) is 11.9 Å². The van der Waals surface area contributed by atoms with Gasteiger partial charge in [-0.2, -0.15) is 5.10 Å². The van der Waals surface area contributed by atoms with Gasteiger partial charge in [-0.15, -0.1) is 0 Å². The number of amides is 1. The second-order valence-electron chi connectivity index (χ2n) is 6.51. The van der Waals surface area contributed by atoms with Crippen molar-refractivity contribution in [2.24, 2.45) is 0 Å². The summed E-state index contributed by atoms with van der Waals surface area (Å²) in [7, 11) is 0. The van der Waals surface area contributed by atoms with Crippen molar-refractivity contribution < 1.29 is 9.53 Å². The van der Waals surface area contributed by atoms with Gasteiger partial charge in [-0.05, 0) is 25.7 Å². The zero-order valence-corrected chi connectivity index (χ0v) is 13.6. The van der Waals surface area contributed by atoms with E-state index in [1.807, 2.05) is 35.2 Å². The first-order valence-corrected chi connectivity index (χ1v) is 8.69. The van der Waals surface area contributed by atoms with Crippen LogP contribution in [-0.4, -0.2) is 51.8 Å². The molecule has 1 N–H and O–H groups in total. The van der Waals surface area contributed by atoms with E-state index in [1.54, 1.807) is 0 Å². The fraction of sp³-hybridized carbons (Fsp3) is 0.500. The summed E-state index contributed by atoms with van der Waals surface area (Å²) in [5.41, 5.74) is 1.02. The third kappa shape index (κ3) is 3.06. The molecule has 2 aromatic rings. The highest BCUT2D eigenvalue weighted by Crippen LogP contribution is 2.28. The Balaban J connectivity index is 1.38. The van der Waals surface area contributed by atoms with Crippen molar-refractivity contribution in [2.45, 2.75) is 37.7 Å². The highest BCUT2D eigenvalue weighted by molar-refractivity contribution is 5.81. The fourth-order valence-corrected chi connectivity index (χ4v) is 3.52. The van der Waals surface area contributed by atoms with E-state index in [0.29, 0.717) is 12.5 Å². The molecule has 0 aliphatic carbocycles. The van der Waals surface area contributed by atoms with Crippen molar-refractivity contribution in [1.82, 2.24) is 20.1 Å². The predicted octanol–water partition coefficient (Wildman–Crippen LogP) is 2.36. The van der Waals surface area contributed by atoms with Crippen molar-refractivity contribution in [3.8, 4) is 11.4 Å². The highest BCUT2D eigenvalue weighted by atomic mass is 16.5. The number of carbonyl (C=O) groups excluding carboxylic acids is 1. The van der Waals surface area contributed by atoms with Crippen LogP contribution in [0.15, 0.2) is 30.3 Å². The number of likely N-dealkylation sites (tertiary alicyclic amines) is 1. The second kappa shape index (κ2) is 6.73. The molecule has 0 bridgehead atoms. The zero-order valence-electron chi connectivity index (χ0n) is 13.6. The minimum atomic E-state index is -0.212. The molecule has 0 unspecified atom stereocenters. The van der Waals surface area contributed by atoms with E-state index in [2.05, 4.69) is 15.2 Å². The Bertz CT molecular complexity index is 686. The number of aromatic amines is 1. The summed E-state index contributed by atoms with van der Waals surface area (Å²) in [5.74, 6) is 2.17.